The number of nitrogens with zero attached hydrogens (tertiary/aromatic N) is 1. The molecule has 1 aromatic carbocycles. The Labute approximate surface area is 113 Å². The molecule has 1 aromatic rings. The average molecular weight is 261 g/mol. The van der Waals surface area contributed by atoms with Crippen LogP contribution < -0.4 is 10.6 Å². The van der Waals surface area contributed by atoms with Gasteiger partial charge in [0.2, 0.25) is 11.8 Å². The lowest BCUT2D eigenvalue weighted by Crippen LogP contribution is -2.54. The predicted octanol–water partition coefficient (Wildman–Crippen LogP) is 0.123. The zero-order chi connectivity index (χ0) is 13.7. The first kappa shape index (κ1) is 13.5. The lowest BCUT2D eigenvalue weighted by atomic mass is 10.1. The van der Waals surface area contributed by atoms with E-state index >= 15 is 0 Å². The molecule has 2 rings (SSSR count). The number of amides is 2. The Bertz CT molecular complexity index is 447. The molecule has 1 aliphatic rings. The minimum absolute atomic E-state index is 0.0293. The lowest BCUT2D eigenvalue weighted by Gasteiger charge is -2.25. The summed E-state index contributed by atoms with van der Waals surface area (Å²) in [4.78, 5) is 25.3. The summed E-state index contributed by atoms with van der Waals surface area (Å²) in [6, 6.07) is 9.40. The number of nitrogens with one attached hydrogen (secondary N) is 2. The average Bonchev–Trinajstić information content (AvgIpc) is 2.42. The number of hydrogen-bond acceptors (Lipinski definition) is 3. The number of hydrogen-bond donors (Lipinski definition) is 2. The third-order valence-electron chi connectivity index (χ3n) is 3.20. The van der Waals surface area contributed by atoms with Crippen molar-refractivity contribution in [2.75, 3.05) is 20.1 Å². The minimum atomic E-state index is -0.403. The van der Waals surface area contributed by atoms with Gasteiger partial charge in [0.1, 0.15) is 0 Å². The van der Waals surface area contributed by atoms with Gasteiger partial charge in [-0.15, -0.1) is 0 Å². The van der Waals surface area contributed by atoms with Crippen LogP contribution in [-0.4, -0.2) is 42.9 Å². The molecule has 1 heterocycles. The van der Waals surface area contributed by atoms with Crippen LogP contribution in [-0.2, 0) is 16.1 Å². The maximum absolute atomic E-state index is 12.1. The molecule has 1 saturated heterocycles. The lowest BCUT2D eigenvalue weighted by molar-refractivity contribution is -0.134. The summed E-state index contributed by atoms with van der Waals surface area (Å²) in [5, 5.41) is 5.81. The Hall–Kier alpha value is -1.88. The quantitative estimate of drug-likeness (QED) is 0.809. The first-order chi connectivity index (χ1) is 9.16. The molecule has 0 bridgehead atoms. The Morgan fingerprint density at radius 3 is 2.74 bits per heavy atom. The van der Waals surface area contributed by atoms with Crippen molar-refractivity contribution < 1.29 is 9.59 Å². The first-order valence-corrected chi connectivity index (χ1v) is 6.46. The molecule has 1 fully saturated rings. The summed E-state index contributed by atoms with van der Waals surface area (Å²) in [6.07, 6.45) is 0.204. The van der Waals surface area contributed by atoms with Gasteiger partial charge in [0.15, 0.2) is 0 Å². The summed E-state index contributed by atoms with van der Waals surface area (Å²) in [6.45, 7) is 1.91. The van der Waals surface area contributed by atoms with Crippen molar-refractivity contribution in [2.24, 2.45) is 0 Å². The summed E-state index contributed by atoms with van der Waals surface area (Å²) in [7, 11) is 1.76. The molecule has 2 amide bonds. The van der Waals surface area contributed by atoms with Gasteiger partial charge in [-0.3, -0.25) is 9.59 Å². The van der Waals surface area contributed by atoms with Crippen LogP contribution in [0.4, 0.5) is 0 Å². The van der Waals surface area contributed by atoms with Gasteiger partial charge in [0.05, 0.1) is 12.5 Å². The predicted molar refractivity (Wildman–Crippen MR) is 72.3 cm³/mol. The number of carbonyl (C=O) groups is 2. The van der Waals surface area contributed by atoms with Gasteiger partial charge >= 0.3 is 0 Å². The van der Waals surface area contributed by atoms with E-state index in [-0.39, 0.29) is 18.2 Å². The van der Waals surface area contributed by atoms with Crippen molar-refractivity contribution in [1.29, 1.82) is 0 Å². The van der Waals surface area contributed by atoms with Crippen molar-refractivity contribution in [3.05, 3.63) is 35.9 Å². The van der Waals surface area contributed by atoms with Crippen LogP contribution in [0.3, 0.4) is 0 Å². The molecule has 0 aliphatic carbocycles. The van der Waals surface area contributed by atoms with Gasteiger partial charge in [-0.25, -0.2) is 0 Å². The highest BCUT2D eigenvalue weighted by Crippen LogP contribution is 2.06. The van der Waals surface area contributed by atoms with E-state index in [4.69, 9.17) is 0 Å². The van der Waals surface area contributed by atoms with E-state index in [2.05, 4.69) is 10.6 Å². The van der Waals surface area contributed by atoms with Crippen molar-refractivity contribution >= 4 is 11.8 Å². The van der Waals surface area contributed by atoms with E-state index in [0.29, 0.717) is 19.6 Å². The van der Waals surface area contributed by atoms with Crippen LogP contribution in [0.15, 0.2) is 30.3 Å². The normalized spacial score (nSPS) is 18.8. The smallest absolute Gasteiger partial charge is 0.237 e. The second-order valence-corrected chi connectivity index (χ2v) is 4.74. The fourth-order valence-electron chi connectivity index (χ4n) is 2.09. The molecule has 0 radical (unpaired) electrons. The molecule has 0 saturated carbocycles. The summed E-state index contributed by atoms with van der Waals surface area (Å²) in [5.74, 6) is -0.119. The number of rotatable bonds is 4. The van der Waals surface area contributed by atoms with Gasteiger partial charge in [-0.2, -0.15) is 0 Å². The van der Waals surface area contributed by atoms with Gasteiger partial charge in [-0.05, 0) is 5.56 Å². The van der Waals surface area contributed by atoms with Gasteiger partial charge in [0, 0.05) is 26.7 Å². The molecule has 5 heteroatoms. The molecule has 5 nitrogen and oxygen atoms in total. The molecular weight excluding hydrogens is 242 g/mol. The fourth-order valence-corrected chi connectivity index (χ4v) is 2.09. The molecule has 0 spiro atoms. The maximum atomic E-state index is 12.1. The Morgan fingerprint density at radius 2 is 2.05 bits per heavy atom. The Balaban J connectivity index is 1.87. The largest absolute Gasteiger partial charge is 0.353 e. The van der Waals surface area contributed by atoms with Crippen LogP contribution in [0.5, 0.6) is 0 Å². The van der Waals surface area contributed by atoms with Crippen LogP contribution in [0.2, 0.25) is 0 Å². The summed E-state index contributed by atoms with van der Waals surface area (Å²) >= 11 is 0. The Morgan fingerprint density at radius 1 is 1.32 bits per heavy atom. The molecule has 102 valence electrons. The number of piperazine rings is 1. The molecule has 1 atom stereocenters. The number of benzene rings is 1. The molecule has 0 aromatic heterocycles. The molecule has 2 N–H and O–H groups in total. The van der Waals surface area contributed by atoms with Gasteiger partial charge in [-0.1, -0.05) is 30.3 Å². The van der Waals surface area contributed by atoms with Crippen molar-refractivity contribution in [2.45, 2.75) is 19.0 Å². The van der Waals surface area contributed by atoms with Crippen LogP contribution in [0.1, 0.15) is 12.0 Å². The van der Waals surface area contributed by atoms with Crippen molar-refractivity contribution in [3.8, 4) is 0 Å². The molecular formula is C14H19N3O2. The monoisotopic (exact) mass is 261 g/mol. The highest BCUT2D eigenvalue weighted by Gasteiger charge is 2.25. The van der Waals surface area contributed by atoms with Crippen molar-refractivity contribution in [1.82, 2.24) is 15.5 Å². The zero-order valence-electron chi connectivity index (χ0n) is 11.1. The summed E-state index contributed by atoms with van der Waals surface area (Å²) in [5.41, 5.74) is 1.08. The van der Waals surface area contributed by atoms with E-state index < -0.39 is 6.04 Å². The standard InChI is InChI=1S/C14H19N3O2/c1-17(10-11-5-3-2-4-6-11)13(18)9-12-14(19)16-8-7-15-12/h2-6,12,15H,7-10H2,1H3,(H,16,19). The second kappa shape index (κ2) is 6.33. The second-order valence-electron chi connectivity index (χ2n) is 4.74. The van der Waals surface area contributed by atoms with Crippen LogP contribution in [0.25, 0.3) is 0 Å². The molecule has 19 heavy (non-hydrogen) atoms. The van der Waals surface area contributed by atoms with E-state index in [0.717, 1.165) is 5.56 Å². The number of carbonyl (C=O) groups excluding carboxylic acids is 2. The van der Waals surface area contributed by atoms with Crippen LogP contribution >= 0.6 is 0 Å². The summed E-state index contributed by atoms with van der Waals surface area (Å²) < 4.78 is 0. The SMILES string of the molecule is CN(Cc1ccccc1)C(=O)CC1NCCNC1=O. The highest BCUT2D eigenvalue weighted by atomic mass is 16.2. The molecule has 1 aliphatic heterocycles. The van der Waals surface area contributed by atoms with Crippen LogP contribution in [0, 0.1) is 0 Å². The highest BCUT2D eigenvalue weighted by molar-refractivity contribution is 5.88. The minimum Gasteiger partial charge on any atom is -0.353 e. The fraction of sp³-hybridized carbons (Fsp3) is 0.429. The topological polar surface area (TPSA) is 61.4 Å². The maximum Gasteiger partial charge on any atom is 0.237 e. The molecule has 1 unspecified atom stereocenters. The van der Waals surface area contributed by atoms with Gasteiger partial charge in [0.25, 0.3) is 0 Å². The van der Waals surface area contributed by atoms with E-state index in [9.17, 15) is 9.59 Å². The first-order valence-electron chi connectivity index (χ1n) is 6.46. The van der Waals surface area contributed by atoms with E-state index in [1.165, 1.54) is 0 Å². The van der Waals surface area contributed by atoms with E-state index in [1.54, 1.807) is 11.9 Å². The van der Waals surface area contributed by atoms with E-state index in [1.807, 2.05) is 30.3 Å². The van der Waals surface area contributed by atoms with Gasteiger partial charge < -0.3 is 15.5 Å². The van der Waals surface area contributed by atoms with Crippen molar-refractivity contribution in [3.63, 3.8) is 0 Å². The Kier molecular flexibility index (Phi) is 4.52. The zero-order valence-corrected chi connectivity index (χ0v) is 11.1. The third-order valence-corrected chi connectivity index (χ3v) is 3.20. The third kappa shape index (κ3) is 3.79.